The summed E-state index contributed by atoms with van der Waals surface area (Å²) in [6, 6.07) is 14.3. The van der Waals surface area contributed by atoms with E-state index in [-0.39, 0.29) is 12.0 Å². The van der Waals surface area contributed by atoms with Gasteiger partial charge in [0.1, 0.15) is 29.6 Å². The number of ether oxygens (including phenoxy) is 3. The molecule has 0 N–H and O–H groups in total. The van der Waals surface area contributed by atoms with Crippen LogP contribution in [0.15, 0.2) is 53.1 Å². The lowest BCUT2D eigenvalue weighted by molar-refractivity contribution is 0.0600. The molecule has 6 rings (SSSR count). The minimum Gasteiger partial charge on any atom is -0.473 e. The van der Waals surface area contributed by atoms with Crippen molar-refractivity contribution in [3.8, 4) is 28.6 Å². The molecule has 1 fully saturated rings. The number of carbonyl (C=O) groups is 1. The highest BCUT2D eigenvalue weighted by Crippen LogP contribution is 2.47. The molecular formula is C30H26Cl2N2O5. The minimum absolute atomic E-state index is 0.196. The number of aromatic nitrogens is 2. The fraction of sp³-hybridized carbons (Fsp3) is 0.300. The van der Waals surface area contributed by atoms with E-state index in [4.69, 9.17) is 46.9 Å². The van der Waals surface area contributed by atoms with E-state index in [2.05, 4.69) is 19.0 Å². The summed E-state index contributed by atoms with van der Waals surface area (Å²) in [7, 11) is 1.36. The van der Waals surface area contributed by atoms with Gasteiger partial charge in [-0.2, -0.15) is 0 Å². The van der Waals surface area contributed by atoms with Gasteiger partial charge in [-0.1, -0.05) is 54.3 Å². The molecule has 0 spiro atoms. The third-order valence-electron chi connectivity index (χ3n) is 7.14. The summed E-state index contributed by atoms with van der Waals surface area (Å²) in [5.41, 5.74) is 3.85. The smallest absolute Gasteiger partial charge is 0.337 e. The zero-order valence-corrected chi connectivity index (χ0v) is 23.2. The van der Waals surface area contributed by atoms with Gasteiger partial charge in [-0.3, -0.25) is 0 Å². The van der Waals surface area contributed by atoms with Crippen molar-refractivity contribution in [2.45, 2.75) is 51.0 Å². The van der Waals surface area contributed by atoms with Gasteiger partial charge in [0.25, 0.3) is 0 Å². The summed E-state index contributed by atoms with van der Waals surface area (Å²) in [6.07, 6.45) is 2.75. The molecule has 9 heteroatoms. The molecule has 2 aromatic carbocycles. The van der Waals surface area contributed by atoms with Crippen LogP contribution in [0, 0.1) is 0 Å². The maximum atomic E-state index is 12.1. The normalized spacial score (nSPS) is 15.5. The summed E-state index contributed by atoms with van der Waals surface area (Å²) < 4.78 is 23.1. The van der Waals surface area contributed by atoms with Crippen LogP contribution in [-0.2, 0) is 23.2 Å². The molecule has 2 aromatic heterocycles. The average Bonchev–Trinajstić information content (AvgIpc) is 3.69. The first kappa shape index (κ1) is 25.7. The maximum absolute atomic E-state index is 12.1. The summed E-state index contributed by atoms with van der Waals surface area (Å²) >= 11 is 13.0. The highest BCUT2D eigenvalue weighted by Gasteiger charge is 2.35. The van der Waals surface area contributed by atoms with Crippen molar-refractivity contribution in [1.82, 2.24) is 10.1 Å². The predicted molar refractivity (Wildman–Crippen MR) is 147 cm³/mol. The summed E-state index contributed by atoms with van der Waals surface area (Å²) in [6.45, 7) is 4.41. The molecule has 3 heterocycles. The van der Waals surface area contributed by atoms with Crippen molar-refractivity contribution >= 4 is 29.2 Å². The number of methoxy groups -OCH3 is 1. The molecule has 39 heavy (non-hydrogen) atoms. The van der Waals surface area contributed by atoms with Crippen molar-refractivity contribution in [3.63, 3.8) is 0 Å². The number of esters is 1. The fourth-order valence-electron chi connectivity index (χ4n) is 4.99. The first-order valence-corrected chi connectivity index (χ1v) is 13.5. The molecular weight excluding hydrogens is 539 g/mol. The van der Waals surface area contributed by atoms with Gasteiger partial charge in [-0.05, 0) is 55.2 Å². The molecule has 0 atom stereocenters. The first-order chi connectivity index (χ1) is 18.7. The Morgan fingerprint density at radius 3 is 2.56 bits per heavy atom. The van der Waals surface area contributed by atoms with Crippen molar-refractivity contribution in [3.05, 3.63) is 86.7 Å². The lowest BCUT2D eigenvalue weighted by Crippen LogP contribution is -2.21. The van der Waals surface area contributed by atoms with E-state index in [9.17, 15) is 4.79 Å². The highest BCUT2D eigenvalue weighted by molar-refractivity contribution is 6.39. The van der Waals surface area contributed by atoms with Crippen molar-refractivity contribution < 1.29 is 23.5 Å². The zero-order valence-electron chi connectivity index (χ0n) is 21.7. The third kappa shape index (κ3) is 4.85. The molecule has 2 aliphatic rings. The van der Waals surface area contributed by atoms with E-state index in [1.807, 2.05) is 12.1 Å². The van der Waals surface area contributed by atoms with E-state index in [0.717, 1.165) is 35.4 Å². The van der Waals surface area contributed by atoms with Gasteiger partial charge in [0.05, 0.1) is 34.0 Å². The second kappa shape index (κ2) is 9.88. The molecule has 200 valence electrons. The van der Waals surface area contributed by atoms with Crippen LogP contribution in [0.4, 0.5) is 0 Å². The lowest BCUT2D eigenvalue weighted by Gasteiger charge is -2.23. The number of benzene rings is 2. The highest BCUT2D eigenvalue weighted by atomic mass is 35.5. The van der Waals surface area contributed by atoms with Crippen LogP contribution in [0.3, 0.4) is 0 Å². The van der Waals surface area contributed by atoms with Gasteiger partial charge in [-0.15, -0.1) is 0 Å². The molecule has 1 saturated carbocycles. The second-order valence-corrected chi connectivity index (χ2v) is 11.3. The Labute approximate surface area is 236 Å². The van der Waals surface area contributed by atoms with Crippen molar-refractivity contribution in [2.24, 2.45) is 0 Å². The molecule has 0 amide bonds. The number of nitrogens with zero attached hydrogens (tertiary/aromatic N) is 2. The Morgan fingerprint density at radius 2 is 1.85 bits per heavy atom. The topological polar surface area (TPSA) is 83.7 Å². The Bertz CT molecular complexity index is 1570. The lowest BCUT2D eigenvalue weighted by atomic mass is 9.82. The molecule has 4 aromatic rings. The number of hydrogen-bond donors (Lipinski definition) is 0. The average molecular weight is 565 g/mol. The van der Waals surface area contributed by atoms with Gasteiger partial charge >= 0.3 is 5.97 Å². The van der Waals surface area contributed by atoms with Gasteiger partial charge in [0.15, 0.2) is 0 Å². The van der Waals surface area contributed by atoms with Crippen molar-refractivity contribution in [1.29, 1.82) is 0 Å². The number of halogens is 2. The maximum Gasteiger partial charge on any atom is 0.337 e. The van der Waals surface area contributed by atoms with Crippen LogP contribution in [0.1, 0.15) is 65.5 Å². The minimum atomic E-state index is -0.413. The second-order valence-electron chi connectivity index (χ2n) is 10.5. The third-order valence-corrected chi connectivity index (χ3v) is 7.77. The van der Waals surface area contributed by atoms with E-state index < -0.39 is 5.97 Å². The SMILES string of the molecule is COC(=O)c1ccc2c(c1)Oc1ccc(OCc3c(-c4c(Cl)cccc4Cl)noc3C3CC3)nc1C(C)(C)C2. The molecule has 1 aliphatic carbocycles. The predicted octanol–water partition coefficient (Wildman–Crippen LogP) is 7.91. The monoisotopic (exact) mass is 564 g/mol. The number of pyridine rings is 1. The van der Waals surface area contributed by atoms with E-state index in [0.29, 0.717) is 56.6 Å². The van der Waals surface area contributed by atoms with Gasteiger partial charge in [0.2, 0.25) is 5.88 Å². The Morgan fingerprint density at radius 1 is 1.08 bits per heavy atom. The van der Waals surface area contributed by atoms with E-state index >= 15 is 0 Å². The molecule has 0 unspecified atom stereocenters. The summed E-state index contributed by atoms with van der Waals surface area (Å²) in [4.78, 5) is 16.9. The molecule has 0 saturated heterocycles. The molecule has 0 radical (unpaired) electrons. The van der Waals surface area contributed by atoms with Crippen LogP contribution >= 0.6 is 23.2 Å². The Balaban J connectivity index is 1.31. The molecule has 0 bridgehead atoms. The van der Waals surface area contributed by atoms with E-state index in [1.165, 1.54) is 7.11 Å². The standard InChI is InChI=1S/C30H26Cl2N2O5/c1-30(2)14-18-10-9-17(29(35)36-3)13-23(18)38-22-11-12-24(33-28(22)30)37-15-19-26(34-39-27(19)16-7-8-16)25-20(31)5-4-6-21(25)32/h4-6,9-13,16H,7-8,14-15H2,1-3H3. The van der Waals surface area contributed by atoms with Crippen LogP contribution in [0.5, 0.6) is 17.4 Å². The van der Waals surface area contributed by atoms with Crippen LogP contribution in [0.2, 0.25) is 10.0 Å². The van der Waals surface area contributed by atoms with Gasteiger partial charge in [0, 0.05) is 23.0 Å². The van der Waals surface area contributed by atoms with Crippen molar-refractivity contribution in [2.75, 3.05) is 7.11 Å². The van der Waals surface area contributed by atoms with Gasteiger partial charge in [-0.25, -0.2) is 9.78 Å². The number of hydrogen-bond acceptors (Lipinski definition) is 7. The molecule has 1 aliphatic heterocycles. The van der Waals surface area contributed by atoms with Crippen LogP contribution < -0.4 is 9.47 Å². The zero-order chi connectivity index (χ0) is 27.3. The fourth-order valence-corrected chi connectivity index (χ4v) is 5.57. The first-order valence-electron chi connectivity index (χ1n) is 12.7. The van der Waals surface area contributed by atoms with Gasteiger partial charge < -0.3 is 18.7 Å². The summed E-state index contributed by atoms with van der Waals surface area (Å²) in [5, 5.41) is 5.33. The Kier molecular flexibility index (Phi) is 6.52. The number of rotatable bonds is 6. The van der Waals surface area contributed by atoms with Crippen LogP contribution in [-0.4, -0.2) is 23.2 Å². The quantitative estimate of drug-likeness (QED) is 0.220. The Hall–Kier alpha value is -3.55. The largest absolute Gasteiger partial charge is 0.473 e. The van der Waals surface area contributed by atoms with E-state index in [1.54, 1.807) is 36.4 Å². The summed E-state index contributed by atoms with van der Waals surface area (Å²) in [5.74, 6) is 2.37. The van der Waals surface area contributed by atoms with Crippen LogP contribution in [0.25, 0.3) is 11.3 Å². The molecule has 7 nitrogen and oxygen atoms in total. The number of carbonyl (C=O) groups excluding carboxylic acids is 1. The number of fused-ring (bicyclic) bond motifs is 2.